The summed E-state index contributed by atoms with van der Waals surface area (Å²) in [7, 11) is 0. The number of hydrogen-bond donors (Lipinski definition) is 1. The van der Waals surface area contributed by atoms with E-state index in [-0.39, 0.29) is 4.68 Å². The molecule has 0 aromatic carbocycles. The van der Waals surface area contributed by atoms with Gasteiger partial charge in [0.2, 0.25) is 0 Å². The Kier molecular flexibility index (Phi) is 2.83. The summed E-state index contributed by atoms with van der Waals surface area (Å²) in [5, 5.41) is 11.6. The Hall–Kier alpha value is -1.67. The van der Waals surface area contributed by atoms with Crippen LogP contribution in [-0.2, 0) is 29.9 Å². The van der Waals surface area contributed by atoms with Crippen LogP contribution in [0, 0.1) is 5.92 Å². The fourth-order valence-electron chi connectivity index (χ4n) is 2.20. The van der Waals surface area contributed by atoms with Gasteiger partial charge < -0.3 is 5.11 Å². The van der Waals surface area contributed by atoms with Crippen molar-refractivity contribution in [1.29, 1.82) is 0 Å². The average molecular weight is 284 g/mol. The lowest BCUT2D eigenvalue weighted by atomic mass is 10.1. The van der Waals surface area contributed by atoms with Gasteiger partial charge in [0, 0.05) is 11.5 Å². The van der Waals surface area contributed by atoms with Crippen LogP contribution in [0.3, 0.4) is 0 Å². The summed E-state index contributed by atoms with van der Waals surface area (Å²) in [5.41, 5.74) is -2.96. The van der Waals surface area contributed by atoms with Gasteiger partial charge in [-0.1, -0.05) is 6.92 Å². The highest BCUT2D eigenvalue weighted by atomic mass is 19.4. The molecule has 1 N–H and O–H groups in total. The quantitative estimate of drug-likeness (QED) is 0.848. The lowest BCUT2D eigenvalue weighted by molar-refractivity contribution is -0.144. The highest BCUT2D eigenvalue weighted by Gasteiger charge is 2.54. The molecule has 1 atom stereocenters. The summed E-state index contributed by atoms with van der Waals surface area (Å²) in [4.78, 5) is 10.5. The summed E-state index contributed by atoms with van der Waals surface area (Å²) in [6, 6.07) is 0. The van der Waals surface area contributed by atoms with E-state index in [0.29, 0.717) is 0 Å². The first-order chi connectivity index (χ1) is 8.55. The topological polar surface area (TPSA) is 55.1 Å². The van der Waals surface area contributed by atoms with Crippen LogP contribution in [0.2, 0.25) is 0 Å². The van der Waals surface area contributed by atoms with Crippen LogP contribution in [0.4, 0.5) is 22.0 Å². The molecule has 19 heavy (non-hydrogen) atoms. The molecule has 0 saturated carbocycles. The standard InChI is InChI=1S/C10H9F5N2O2/c1-4-2-5-7(10(13,14)15)16-17(3-6(18)19)8(5)9(4,11)12/h4H,2-3H2,1H3,(H,18,19)/t4-/m0/s1. The normalized spacial score (nSPS) is 21.5. The average Bonchev–Trinajstić information content (AvgIpc) is 2.64. The number of halogens is 5. The molecule has 9 heteroatoms. The van der Waals surface area contributed by atoms with Gasteiger partial charge in [-0.3, -0.25) is 9.48 Å². The van der Waals surface area contributed by atoms with Crippen molar-refractivity contribution in [2.24, 2.45) is 5.92 Å². The van der Waals surface area contributed by atoms with E-state index < -0.39 is 53.9 Å². The molecule has 0 unspecified atom stereocenters. The van der Waals surface area contributed by atoms with Gasteiger partial charge in [-0.05, 0) is 6.42 Å². The number of rotatable bonds is 2. The molecule has 2 rings (SSSR count). The van der Waals surface area contributed by atoms with Crippen molar-refractivity contribution in [3.63, 3.8) is 0 Å². The van der Waals surface area contributed by atoms with Crippen molar-refractivity contribution >= 4 is 5.97 Å². The Balaban J connectivity index is 2.63. The number of carbonyl (C=O) groups is 1. The third kappa shape index (κ3) is 2.06. The van der Waals surface area contributed by atoms with Crippen molar-refractivity contribution in [2.45, 2.75) is 32.0 Å². The van der Waals surface area contributed by atoms with Gasteiger partial charge in [-0.25, -0.2) is 0 Å². The van der Waals surface area contributed by atoms with E-state index in [1.165, 1.54) is 0 Å². The molecule has 0 saturated heterocycles. The fraction of sp³-hybridized carbons (Fsp3) is 0.600. The molecular weight excluding hydrogens is 275 g/mol. The molecule has 106 valence electrons. The number of aromatic nitrogens is 2. The zero-order valence-corrected chi connectivity index (χ0v) is 9.63. The highest BCUT2D eigenvalue weighted by Crippen LogP contribution is 2.49. The summed E-state index contributed by atoms with van der Waals surface area (Å²) in [5.74, 6) is -6.36. The first kappa shape index (κ1) is 13.8. The lowest BCUT2D eigenvalue weighted by Gasteiger charge is -2.17. The fourth-order valence-corrected chi connectivity index (χ4v) is 2.20. The number of nitrogens with zero attached hydrogens (tertiary/aromatic N) is 2. The van der Waals surface area contributed by atoms with Gasteiger partial charge >= 0.3 is 12.1 Å². The van der Waals surface area contributed by atoms with Crippen LogP contribution >= 0.6 is 0 Å². The summed E-state index contributed by atoms with van der Waals surface area (Å²) >= 11 is 0. The second kappa shape index (κ2) is 3.91. The number of carboxylic acid groups (broad SMARTS) is 1. The molecule has 0 radical (unpaired) electrons. The summed E-state index contributed by atoms with van der Waals surface area (Å²) in [6.07, 6.45) is -5.36. The smallest absolute Gasteiger partial charge is 0.435 e. The number of alkyl halides is 5. The number of hydrogen-bond acceptors (Lipinski definition) is 2. The second-order valence-electron chi connectivity index (χ2n) is 4.45. The van der Waals surface area contributed by atoms with E-state index in [9.17, 15) is 26.7 Å². The Labute approximate surface area is 103 Å². The van der Waals surface area contributed by atoms with Crippen LogP contribution in [0.15, 0.2) is 0 Å². The lowest BCUT2D eigenvalue weighted by Crippen LogP contribution is -2.25. The molecule has 0 fully saturated rings. The van der Waals surface area contributed by atoms with E-state index in [1.807, 2.05) is 0 Å². The van der Waals surface area contributed by atoms with Crippen LogP contribution in [0.25, 0.3) is 0 Å². The van der Waals surface area contributed by atoms with E-state index in [2.05, 4.69) is 5.10 Å². The predicted molar refractivity (Wildman–Crippen MR) is 51.6 cm³/mol. The highest BCUT2D eigenvalue weighted by molar-refractivity contribution is 5.66. The third-order valence-electron chi connectivity index (χ3n) is 3.05. The van der Waals surface area contributed by atoms with Crippen molar-refractivity contribution in [2.75, 3.05) is 0 Å². The molecule has 0 amide bonds. The van der Waals surface area contributed by atoms with Gasteiger partial charge in [-0.15, -0.1) is 0 Å². The summed E-state index contributed by atoms with van der Waals surface area (Å²) < 4.78 is 66.0. The van der Waals surface area contributed by atoms with Crippen LogP contribution in [0.1, 0.15) is 23.9 Å². The zero-order chi connectivity index (χ0) is 14.6. The van der Waals surface area contributed by atoms with Gasteiger partial charge in [0.25, 0.3) is 5.92 Å². The number of aliphatic carboxylic acids is 1. The second-order valence-corrected chi connectivity index (χ2v) is 4.45. The molecular formula is C10H9F5N2O2. The summed E-state index contributed by atoms with van der Waals surface area (Å²) in [6.45, 7) is 0.0893. The minimum atomic E-state index is -4.88. The van der Waals surface area contributed by atoms with Crippen LogP contribution in [-0.4, -0.2) is 20.9 Å². The SMILES string of the molecule is C[C@H]1Cc2c(C(F)(F)F)nn(CC(=O)O)c2C1(F)F. The van der Waals surface area contributed by atoms with E-state index in [4.69, 9.17) is 5.11 Å². The first-order valence-corrected chi connectivity index (χ1v) is 5.32. The Morgan fingerprint density at radius 2 is 2.11 bits per heavy atom. The Bertz CT molecular complexity index is 535. The minimum absolute atomic E-state index is 0.240. The zero-order valence-electron chi connectivity index (χ0n) is 9.63. The van der Waals surface area contributed by atoms with Crippen LogP contribution < -0.4 is 0 Å². The first-order valence-electron chi connectivity index (χ1n) is 5.32. The van der Waals surface area contributed by atoms with Gasteiger partial charge in [-0.2, -0.15) is 27.1 Å². The maximum absolute atomic E-state index is 13.8. The van der Waals surface area contributed by atoms with Crippen LogP contribution in [0.5, 0.6) is 0 Å². The number of fused-ring (bicyclic) bond motifs is 1. The molecule has 0 bridgehead atoms. The van der Waals surface area contributed by atoms with E-state index in [0.717, 1.165) is 6.92 Å². The molecule has 1 aliphatic carbocycles. The van der Waals surface area contributed by atoms with Gasteiger partial charge in [0.1, 0.15) is 12.2 Å². The van der Waals surface area contributed by atoms with Gasteiger partial charge in [0.15, 0.2) is 5.69 Å². The molecule has 0 aliphatic heterocycles. The van der Waals surface area contributed by atoms with E-state index >= 15 is 0 Å². The van der Waals surface area contributed by atoms with Crippen molar-refractivity contribution in [3.8, 4) is 0 Å². The molecule has 4 nitrogen and oxygen atoms in total. The van der Waals surface area contributed by atoms with E-state index in [1.54, 1.807) is 0 Å². The predicted octanol–water partition coefficient (Wildman–Crippen LogP) is 2.27. The largest absolute Gasteiger partial charge is 0.480 e. The Morgan fingerprint density at radius 1 is 1.53 bits per heavy atom. The molecule has 1 aromatic heterocycles. The van der Waals surface area contributed by atoms with Crippen molar-refractivity contribution in [3.05, 3.63) is 17.0 Å². The monoisotopic (exact) mass is 284 g/mol. The minimum Gasteiger partial charge on any atom is -0.480 e. The Morgan fingerprint density at radius 3 is 2.58 bits per heavy atom. The van der Waals surface area contributed by atoms with Crippen molar-refractivity contribution < 1.29 is 31.9 Å². The maximum atomic E-state index is 13.8. The molecule has 1 aliphatic rings. The third-order valence-corrected chi connectivity index (χ3v) is 3.05. The van der Waals surface area contributed by atoms with Crippen molar-refractivity contribution in [1.82, 2.24) is 9.78 Å². The van der Waals surface area contributed by atoms with Gasteiger partial charge in [0.05, 0.1) is 0 Å². The number of carboxylic acids is 1. The molecule has 1 aromatic rings. The maximum Gasteiger partial charge on any atom is 0.435 e. The molecule has 0 spiro atoms. The molecule has 1 heterocycles.